The number of phenols is 1. The lowest BCUT2D eigenvalue weighted by atomic mass is 10.0. The molecule has 0 spiro atoms. The summed E-state index contributed by atoms with van der Waals surface area (Å²) in [5.41, 5.74) is 0.333. The van der Waals surface area contributed by atoms with Crippen LogP contribution in [-0.4, -0.2) is 45.6 Å². The fourth-order valence-corrected chi connectivity index (χ4v) is 3.00. The molecule has 0 aromatic heterocycles. The van der Waals surface area contributed by atoms with Crippen molar-refractivity contribution in [2.45, 2.75) is 12.8 Å². The number of phenolic OH excluding ortho intramolecular Hbond substituents is 1. The highest BCUT2D eigenvalue weighted by molar-refractivity contribution is 9.09. The van der Waals surface area contributed by atoms with Gasteiger partial charge in [-0.2, -0.15) is 0 Å². The standard InChI is InChI=1S/C16H17BrFNO5/c17-5-3-10(4-6-20)9-19-15(22)14(24-16(19)23)8-11-1-2-12(18)13(21)7-11/h1-2,7-8,10,20-21H,3-6,9H2. The monoisotopic (exact) mass is 401 g/mol. The Kier molecular flexibility index (Phi) is 6.33. The maximum Gasteiger partial charge on any atom is 0.422 e. The molecular formula is C16H17BrFNO5. The van der Waals surface area contributed by atoms with Gasteiger partial charge in [0.15, 0.2) is 17.3 Å². The molecule has 0 bridgehead atoms. The minimum absolute atomic E-state index is 0.0354. The molecule has 0 aliphatic carbocycles. The van der Waals surface area contributed by atoms with E-state index in [0.717, 1.165) is 17.0 Å². The molecule has 1 aromatic rings. The van der Waals surface area contributed by atoms with Gasteiger partial charge in [0.2, 0.25) is 0 Å². The number of benzene rings is 1. The molecule has 8 heteroatoms. The van der Waals surface area contributed by atoms with E-state index >= 15 is 0 Å². The van der Waals surface area contributed by atoms with Gasteiger partial charge in [0.25, 0.3) is 5.91 Å². The van der Waals surface area contributed by atoms with Gasteiger partial charge in [0.1, 0.15) is 0 Å². The number of alkyl halides is 1. The zero-order chi connectivity index (χ0) is 17.7. The lowest BCUT2D eigenvalue weighted by Crippen LogP contribution is -2.34. The number of aliphatic hydroxyl groups is 1. The number of amides is 2. The summed E-state index contributed by atoms with van der Waals surface area (Å²) in [6.07, 6.45) is 1.65. The van der Waals surface area contributed by atoms with E-state index in [4.69, 9.17) is 9.84 Å². The van der Waals surface area contributed by atoms with Crippen molar-refractivity contribution in [2.24, 2.45) is 5.92 Å². The third-order valence-electron chi connectivity index (χ3n) is 3.64. The lowest BCUT2D eigenvalue weighted by Gasteiger charge is -2.18. The SMILES string of the molecule is O=C1OC(=Cc2ccc(F)c(O)c2)C(=O)N1CC(CCO)CCBr. The molecule has 1 saturated heterocycles. The van der Waals surface area contributed by atoms with Gasteiger partial charge in [-0.05, 0) is 42.5 Å². The number of carbonyl (C=O) groups excluding carboxylic acids is 2. The smallest absolute Gasteiger partial charge is 0.422 e. The summed E-state index contributed by atoms with van der Waals surface area (Å²) in [4.78, 5) is 25.2. The summed E-state index contributed by atoms with van der Waals surface area (Å²) in [5, 5.41) is 19.1. The van der Waals surface area contributed by atoms with Crippen LogP contribution >= 0.6 is 15.9 Å². The third kappa shape index (κ3) is 4.33. The van der Waals surface area contributed by atoms with Crippen molar-refractivity contribution in [2.75, 3.05) is 18.5 Å². The summed E-state index contributed by atoms with van der Waals surface area (Å²) in [6, 6.07) is 3.53. The first-order chi connectivity index (χ1) is 11.5. The van der Waals surface area contributed by atoms with E-state index in [1.165, 1.54) is 12.1 Å². The molecule has 1 aliphatic heterocycles. The Morgan fingerprint density at radius 2 is 2.08 bits per heavy atom. The van der Waals surface area contributed by atoms with Crippen LogP contribution in [0.25, 0.3) is 6.08 Å². The van der Waals surface area contributed by atoms with Crippen molar-refractivity contribution in [3.63, 3.8) is 0 Å². The summed E-state index contributed by atoms with van der Waals surface area (Å²) < 4.78 is 18.0. The van der Waals surface area contributed by atoms with Crippen LogP contribution in [0.4, 0.5) is 9.18 Å². The molecule has 1 aromatic carbocycles. The molecule has 0 radical (unpaired) electrons. The predicted octanol–water partition coefficient (Wildman–Crippen LogP) is 2.63. The van der Waals surface area contributed by atoms with E-state index in [0.29, 0.717) is 23.7 Å². The van der Waals surface area contributed by atoms with Crippen LogP contribution in [0.3, 0.4) is 0 Å². The maximum atomic E-state index is 13.0. The summed E-state index contributed by atoms with van der Waals surface area (Å²) in [5.74, 6) is -2.16. The van der Waals surface area contributed by atoms with Gasteiger partial charge in [-0.3, -0.25) is 4.79 Å². The average Bonchev–Trinajstić information content (AvgIpc) is 2.79. The van der Waals surface area contributed by atoms with Crippen LogP contribution in [0.15, 0.2) is 24.0 Å². The molecule has 1 heterocycles. The molecule has 1 aliphatic rings. The Hall–Kier alpha value is -1.93. The Morgan fingerprint density at radius 1 is 1.33 bits per heavy atom. The molecule has 1 atom stereocenters. The second kappa shape index (κ2) is 8.25. The first-order valence-electron chi connectivity index (χ1n) is 7.37. The van der Waals surface area contributed by atoms with E-state index in [2.05, 4.69) is 15.9 Å². The van der Waals surface area contributed by atoms with Crippen LogP contribution in [0.2, 0.25) is 0 Å². The van der Waals surface area contributed by atoms with Crippen LogP contribution in [0.5, 0.6) is 5.75 Å². The Morgan fingerprint density at radius 3 is 2.71 bits per heavy atom. The van der Waals surface area contributed by atoms with E-state index < -0.39 is 23.6 Å². The zero-order valence-corrected chi connectivity index (χ0v) is 14.3. The first-order valence-corrected chi connectivity index (χ1v) is 8.49. The van der Waals surface area contributed by atoms with Crippen molar-refractivity contribution in [1.82, 2.24) is 4.90 Å². The van der Waals surface area contributed by atoms with Gasteiger partial charge < -0.3 is 14.9 Å². The Labute approximate surface area is 146 Å². The quantitative estimate of drug-likeness (QED) is 0.541. The van der Waals surface area contributed by atoms with E-state index in [1.807, 2.05) is 0 Å². The molecule has 24 heavy (non-hydrogen) atoms. The topological polar surface area (TPSA) is 87.1 Å². The largest absolute Gasteiger partial charge is 0.505 e. The number of hydrogen-bond donors (Lipinski definition) is 2. The minimum Gasteiger partial charge on any atom is -0.505 e. The van der Waals surface area contributed by atoms with Crippen LogP contribution in [0, 0.1) is 11.7 Å². The maximum absolute atomic E-state index is 13.0. The number of rotatable bonds is 7. The molecule has 2 amide bonds. The zero-order valence-electron chi connectivity index (χ0n) is 12.7. The minimum atomic E-state index is -0.782. The molecule has 130 valence electrons. The van der Waals surface area contributed by atoms with Crippen molar-refractivity contribution in [1.29, 1.82) is 0 Å². The number of carbonyl (C=O) groups is 2. The predicted molar refractivity (Wildman–Crippen MR) is 87.8 cm³/mol. The average molecular weight is 402 g/mol. The summed E-state index contributed by atoms with van der Waals surface area (Å²) in [6.45, 7) is 0.113. The highest BCUT2D eigenvalue weighted by Crippen LogP contribution is 2.24. The first kappa shape index (κ1) is 18.4. The fraction of sp³-hybridized carbons (Fsp3) is 0.375. The van der Waals surface area contributed by atoms with Gasteiger partial charge in [-0.25, -0.2) is 14.1 Å². The van der Waals surface area contributed by atoms with Gasteiger partial charge in [0, 0.05) is 18.5 Å². The number of ether oxygens (including phenoxy) is 1. The van der Waals surface area contributed by atoms with Gasteiger partial charge in [-0.15, -0.1) is 0 Å². The second-order valence-electron chi connectivity index (χ2n) is 5.36. The number of halogens is 2. The van der Waals surface area contributed by atoms with Gasteiger partial charge >= 0.3 is 6.09 Å². The lowest BCUT2D eigenvalue weighted by molar-refractivity contribution is -0.123. The highest BCUT2D eigenvalue weighted by atomic mass is 79.9. The molecule has 0 saturated carbocycles. The number of imide groups is 1. The Balaban J connectivity index is 2.15. The van der Waals surface area contributed by atoms with Gasteiger partial charge in [-0.1, -0.05) is 22.0 Å². The van der Waals surface area contributed by atoms with Crippen LogP contribution in [0.1, 0.15) is 18.4 Å². The van der Waals surface area contributed by atoms with Crippen molar-refractivity contribution in [3.05, 3.63) is 35.3 Å². The van der Waals surface area contributed by atoms with Crippen LogP contribution < -0.4 is 0 Å². The number of cyclic esters (lactones) is 1. The van der Waals surface area contributed by atoms with Crippen molar-refractivity contribution < 1.29 is 28.9 Å². The van der Waals surface area contributed by atoms with Crippen molar-refractivity contribution in [3.8, 4) is 5.75 Å². The Bertz CT molecular complexity index is 658. The second-order valence-corrected chi connectivity index (χ2v) is 6.15. The molecule has 6 nitrogen and oxygen atoms in total. The van der Waals surface area contributed by atoms with E-state index in [1.54, 1.807) is 0 Å². The van der Waals surface area contributed by atoms with Gasteiger partial charge in [0.05, 0.1) is 0 Å². The molecular weight excluding hydrogens is 385 g/mol. The number of aromatic hydroxyl groups is 1. The molecule has 2 rings (SSSR count). The highest BCUT2D eigenvalue weighted by Gasteiger charge is 2.37. The summed E-state index contributed by atoms with van der Waals surface area (Å²) in [7, 11) is 0. The summed E-state index contributed by atoms with van der Waals surface area (Å²) >= 11 is 3.30. The normalized spacial score (nSPS) is 17.5. The van der Waals surface area contributed by atoms with Crippen molar-refractivity contribution >= 4 is 34.0 Å². The number of hydrogen-bond acceptors (Lipinski definition) is 5. The molecule has 2 N–H and O–H groups in total. The fourth-order valence-electron chi connectivity index (χ4n) is 2.35. The molecule has 1 fully saturated rings. The van der Waals surface area contributed by atoms with E-state index in [9.17, 15) is 19.1 Å². The number of nitrogens with zero attached hydrogens (tertiary/aromatic N) is 1. The number of aliphatic hydroxyl groups excluding tert-OH is 1. The van der Waals surface area contributed by atoms with E-state index in [-0.39, 0.29) is 24.8 Å². The third-order valence-corrected chi connectivity index (χ3v) is 4.09. The molecule has 1 unspecified atom stereocenters. The van der Waals surface area contributed by atoms with Crippen LogP contribution in [-0.2, 0) is 9.53 Å².